The second-order valence-corrected chi connectivity index (χ2v) is 8.98. The molecule has 156 valence electrons. The number of benzene rings is 3. The van der Waals surface area contributed by atoms with Crippen molar-refractivity contribution in [1.29, 1.82) is 0 Å². The van der Waals surface area contributed by atoms with E-state index in [1.165, 1.54) is 12.1 Å². The first-order valence-corrected chi connectivity index (χ1v) is 10.3. The van der Waals surface area contributed by atoms with E-state index in [2.05, 4.69) is 54.4 Å². The summed E-state index contributed by atoms with van der Waals surface area (Å²) in [6, 6.07) is 17.8. The number of furan rings is 1. The highest BCUT2D eigenvalue weighted by Crippen LogP contribution is 2.42. The highest BCUT2D eigenvalue weighted by atomic mass is 127. The normalized spacial score (nSPS) is 12.5. The lowest BCUT2D eigenvalue weighted by Crippen LogP contribution is -2.17. The van der Waals surface area contributed by atoms with Gasteiger partial charge in [0.05, 0.1) is 34.2 Å². The van der Waals surface area contributed by atoms with Gasteiger partial charge < -0.3 is 9.15 Å². The van der Waals surface area contributed by atoms with Gasteiger partial charge in [0.25, 0.3) is 0 Å². The Morgan fingerprint density at radius 2 is 1.43 bits per heavy atom. The molecule has 0 aliphatic rings. The summed E-state index contributed by atoms with van der Waals surface area (Å²) in [5.74, 6) is -0.257. The fourth-order valence-corrected chi connectivity index (χ4v) is 4.17. The summed E-state index contributed by atoms with van der Waals surface area (Å²) in [5, 5.41) is 2.03. The SMILES string of the molecule is CC(C)(C)c1cccc2c1oc1c(N(I)c3ccc(OC(F)(F)F)cc3)cccc12. The molecule has 0 saturated heterocycles. The Labute approximate surface area is 185 Å². The minimum Gasteiger partial charge on any atom is -0.454 e. The quantitative estimate of drug-likeness (QED) is 0.199. The first kappa shape index (κ1) is 20.8. The highest BCUT2D eigenvalue weighted by Gasteiger charge is 2.31. The molecular formula is C23H19F3INO2. The van der Waals surface area contributed by atoms with Crippen molar-refractivity contribution < 1.29 is 22.3 Å². The number of halogens is 4. The number of rotatable bonds is 3. The molecule has 0 aliphatic carbocycles. The average molecular weight is 525 g/mol. The van der Waals surface area contributed by atoms with E-state index >= 15 is 0 Å². The van der Waals surface area contributed by atoms with E-state index in [0.29, 0.717) is 5.69 Å². The number of anilines is 2. The molecule has 0 N–H and O–H groups in total. The zero-order valence-corrected chi connectivity index (χ0v) is 18.7. The molecule has 0 bridgehead atoms. The van der Waals surface area contributed by atoms with Crippen LogP contribution in [0.5, 0.6) is 5.75 Å². The van der Waals surface area contributed by atoms with Crippen LogP contribution in [0.2, 0.25) is 0 Å². The highest BCUT2D eigenvalue weighted by molar-refractivity contribution is 14.1. The van der Waals surface area contributed by atoms with Gasteiger partial charge in [-0.2, -0.15) is 0 Å². The average Bonchev–Trinajstić information content (AvgIpc) is 3.04. The molecule has 0 saturated carbocycles. The predicted octanol–water partition coefficient (Wildman–Crippen LogP) is 8.27. The minimum absolute atomic E-state index is 0.0775. The molecule has 0 radical (unpaired) electrons. The molecule has 0 amide bonds. The van der Waals surface area contributed by atoms with Gasteiger partial charge in [0.1, 0.15) is 11.3 Å². The van der Waals surface area contributed by atoms with Gasteiger partial charge in [-0.25, -0.2) is 0 Å². The Morgan fingerprint density at radius 3 is 2.03 bits per heavy atom. The smallest absolute Gasteiger partial charge is 0.454 e. The number of fused-ring (bicyclic) bond motifs is 3. The van der Waals surface area contributed by atoms with Gasteiger partial charge in [0, 0.05) is 16.3 Å². The van der Waals surface area contributed by atoms with E-state index in [-0.39, 0.29) is 11.2 Å². The molecule has 0 unspecified atom stereocenters. The van der Waals surface area contributed by atoms with E-state index < -0.39 is 6.36 Å². The van der Waals surface area contributed by atoms with Gasteiger partial charge in [-0.15, -0.1) is 13.2 Å². The number of nitrogens with zero attached hydrogens (tertiary/aromatic N) is 1. The van der Waals surface area contributed by atoms with Crippen molar-refractivity contribution >= 4 is 56.2 Å². The number of ether oxygens (including phenoxy) is 1. The monoisotopic (exact) mass is 525 g/mol. The maximum absolute atomic E-state index is 12.4. The van der Waals surface area contributed by atoms with Crippen molar-refractivity contribution in [3.8, 4) is 5.75 Å². The Bertz CT molecular complexity index is 1210. The largest absolute Gasteiger partial charge is 0.573 e. The van der Waals surface area contributed by atoms with E-state index in [1.807, 2.05) is 33.4 Å². The summed E-state index contributed by atoms with van der Waals surface area (Å²) in [7, 11) is 0. The Hall–Kier alpha value is -2.42. The Balaban J connectivity index is 1.79. The third-order valence-corrected chi connectivity index (χ3v) is 5.90. The van der Waals surface area contributed by atoms with E-state index in [9.17, 15) is 13.2 Å². The van der Waals surface area contributed by atoms with Crippen molar-refractivity contribution in [1.82, 2.24) is 0 Å². The number of alkyl halides is 3. The van der Waals surface area contributed by atoms with Crippen LogP contribution in [0.1, 0.15) is 26.3 Å². The standard InChI is InChI=1S/C23H19F3INO2/c1-22(2,3)18-8-4-6-16-17-7-5-9-19(21(17)29-20(16)18)28(27)14-10-12-15(13-11-14)30-23(24,25)26/h4-13H,1-3H3. The number of para-hydroxylation sites is 2. The summed E-state index contributed by atoms with van der Waals surface area (Å²) >= 11 is 2.12. The van der Waals surface area contributed by atoms with Crippen molar-refractivity contribution in [3.63, 3.8) is 0 Å². The maximum atomic E-state index is 12.4. The zero-order valence-electron chi connectivity index (χ0n) is 16.5. The van der Waals surface area contributed by atoms with Gasteiger partial charge in [-0.05, 0) is 35.7 Å². The van der Waals surface area contributed by atoms with Gasteiger partial charge in [-0.1, -0.05) is 51.1 Å². The summed E-state index contributed by atoms with van der Waals surface area (Å²) in [6.45, 7) is 6.43. The van der Waals surface area contributed by atoms with Crippen molar-refractivity contribution in [3.05, 3.63) is 66.2 Å². The van der Waals surface area contributed by atoms with Crippen LogP contribution < -0.4 is 7.85 Å². The fraction of sp³-hybridized carbons (Fsp3) is 0.217. The third kappa shape index (κ3) is 3.95. The minimum atomic E-state index is -4.71. The third-order valence-electron chi connectivity index (χ3n) is 4.82. The lowest BCUT2D eigenvalue weighted by molar-refractivity contribution is -0.274. The molecule has 7 heteroatoms. The van der Waals surface area contributed by atoms with Gasteiger partial charge in [-0.3, -0.25) is 3.11 Å². The Kier molecular flexibility index (Phi) is 5.12. The summed E-state index contributed by atoms with van der Waals surface area (Å²) in [5.41, 5.74) is 4.14. The predicted molar refractivity (Wildman–Crippen MR) is 122 cm³/mol. The molecule has 4 rings (SSSR count). The summed E-state index contributed by atoms with van der Waals surface area (Å²) in [6.07, 6.45) is -4.71. The van der Waals surface area contributed by atoms with Gasteiger partial charge in [0.2, 0.25) is 0 Å². The van der Waals surface area contributed by atoms with Gasteiger partial charge >= 0.3 is 6.36 Å². The van der Waals surface area contributed by atoms with E-state index in [1.54, 1.807) is 12.1 Å². The Morgan fingerprint density at radius 1 is 0.833 bits per heavy atom. The first-order valence-electron chi connectivity index (χ1n) is 9.31. The second-order valence-electron chi connectivity index (χ2n) is 8.01. The van der Waals surface area contributed by atoms with Gasteiger partial charge in [0.15, 0.2) is 5.58 Å². The molecule has 0 atom stereocenters. The van der Waals surface area contributed by atoms with Crippen LogP contribution in [0, 0.1) is 0 Å². The summed E-state index contributed by atoms with van der Waals surface area (Å²) in [4.78, 5) is 0. The molecule has 30 heavy (non-hydrogen) atoms. The molecule has 3 nitrogen and oxygen atoms in total. The summed E-state index contributed by atoms with van der Waals surface area (Å²) < 4.78 is 49.4. The zero-order chi connectivity index (χ0) is 21.7. The van der Waals surface area contributed by atoms with Crippen LogP contribution in [0.25, 0.3) is 21.9 Å². The van der Waals surface area contributed by atoms with Crippen LogP contribution in [-0.4, -0.2) is 6.36 Å². The van der Waals surface area contributed by atoms with Crippen molar-refractivity contribution in [2.24, 2.45) is 0 Å². The first-order chi connectivity index (χ1) is 14.0. The fourth-order valence-electron chi connectivity index (χ4n) is 3.47. The van der Waals surface area contributed by atoms with Crippen LogP contribution in [0.15, 0.2) is 65.1 Å². The number of hydrogen-bond donors (Lipinski definition) is 0. The van der Waals surface area contributed by atoms with Crippen LogP contribution >= 0.6 is 22.9 Å². The lowest BCUT2D eigenvalue weighted by Gasteiger charge is -2.19. The second kappa shape index (κ2) is 7.37. The molecule has 0 aliphatic heterocycles. The van der Waals surface area contributed by atoms with Crippen LogP contribution in [-0.2, 0) is 5.41 Å². The van der Waals surface area contributed by atoms with E-state index in [0.717, 1.165) is 33.2 Å². The molecule has 0 spiro atoms. The maximum Gasteiger partial charge on any atom is 0.573 e. The molecular weight excluding hydrogens is 506 g/mol. The molecule has 3 aromatic carbocycles. The van der Waals surface area contributed by atoms with Crippen LogP contribution in [0.4, 0.5) is 24.5 Å². The topological polar surface area (TPSA) is 25.6 Å². The molecule has 0 fully saturated rings. The number of hydrogen-bond acceptors (Lipinski definition) is 3. The van der Waals surface area contributed by atoms with Crippen molar-refractivity contribution in [2.75, 3.05) is 3.11 Å². The molecule has 1 aromatic heterocycles. The molecule has 1 heterocycles. The van der Waals surface area contributed by atoms with Crippen LogP contribution in [0.3, 0.4) is 0 Å². The van der Waals surface area contributed by atoms with E-state index in [4.69, 9.17) is 4.42 Å². The lowest BCUT2D eigenvalue weighted by atomic mass is 9.86. The van der Waals surface area contributed by atoms with Crippen molar-refractivity contribution in [2.45, 2.75) is 32.5 Å². The molecule has 4 aromatic rings.